The highest BCUT2D eigenvalue weighted by Gasteiger charge is 2.11. The SMILES string of the molecule is Cc1ccc(C(=O)Nc2cccc(C(=O)NNC(=O)c3cccc(C)c3)c2)cc1. The molecule has 3 rings (SSSR count). The number of nitrogens with one attached hydrogen (secondary N) is 3. The first kappa shape index (κ1) is 19.8. The number of rotatable bonds is 4. The van der Waals surface area contributed by atoms with Crippen LogP contribution in [0.3, 0.4) is 0 Å². The number of benzene rings is 3. The van der Waals surface area contributed by atoms with Gasteiger partial charge in [0.15, 0.2) is 0 Å². The average Bonchev–Trinajstić information content (AvgIpc) is 2.72. The molecule has 0 aliphatic carbocycles. The fraction of sp³-hybridized carbons (Fsp3) is 0.0870. The summed E-state index contributed by atoms with van der Waals surface area (Å²) in [5, 5.41) is 2.76. The van der Waals surface area contributed by atoms with Crippen molar-refractivity contribution in [2.24, 2.45) is 0 Å². The standard InChI is InChI=1S/C23H21N3O3/c1-15-9-11-17(12-10-15)21(27)24-20-8-4-7-19(14-20)23(29)26-25-22(28)18-6-3-5-16(2)13-18/h3-14H,1-2H3,(H,24,27)(H,25,28)(H,26,29). The van der Waals surface area contributed by atoms with Crippen molar-refractivity contribution in [2.45, 2.75) is 13.8 Å². The molecule has 0 spiro atoms. The van der Waals surface area contributed by atoms with Gasteiger partial charge in [0, 0.05) is 22.4 Å². The van der Waals surface area contributed by atoms with Crippen molar-refractivity contribution >= 4 is 23.4 Å². The molecule has 0 fully saturated rings. The molecule has 3 aromatic rings. The third-order valence-corrected chi connectivity index (χ3v) is 4.27. The van der Waals surface area contributed by atoms with Gasteiger partial charge < -0.3 is 5.32 Å². The molecule has 0 radical (unpaired) electrons. The second-order valence-electron chi connectivity index (χ2n) is 6.68. The van der Waals surface area contributed by atoms with Crippen LogP contribution in [0.25, 0.3) is 0 Å². The van der Waals surface area contributed by atoms with Crippen molar-refractivity contribution in [3.05, 3.63) is 101 Å². The van der Waals surface area contributed by atoms with Crippen molar-refractivity contribution in [3.63, 3.8) is 0 Å². The molecule has 0 aliphatic rings. The third kappa shape index (κ3) is 5.29. The topological polar surface area (TPSA) is 87.3 Å². The lowest BCUT2D eigenvalue weighted by atomic mass is 10.1. The van der Waals surface area contributed by atoms with Crippen LogP contribution in [0.15, 0.2) is 72.8 Å². The second-order valence-corrected chi connectivity index (χ2v) is 6.68. The first-order valence-electron chi connectivity index (χ1n) is 9.08. The smallest absolute Gasteiger partial charge is 0.269 e. The summed E-state index contributed by atoms with van der Waals surface area (Å²) < 4.78 is 0. The van der Waals surface area contributed by atoms with Crippen LogP contribution < -0.4 is 16.2 Å². The van der Waals surface area contributed by atoms with Gasteiger partial charge in [-0.05, 0) is 56.3 Å². The molecule has 6 heteroatoms. The van der Waals surface area contributed by atoms with Crippen LogP contribution in [0.4, 0.5) is 5.69 Å². The molecule has 3 aromatic carbocycles. The van der Waals surface area contributed by atoms with Crippen molar-refractivity contribution < 1.29 is 14.4 Å². The minimum Gasteiger partial charge on any atom is -0.322 e. The highest BCUT2D eigenvalue weighted by molar-refractivity contribution is 6.05. The summed E-state index contributed by atoms with van der Waals surface area (Å²) in [6.45, 7) is 3.83. The Hall–Kier alpha value is -3.93. The summed E-state index contributed by atoms with van der Waals surface area (Å²) in [6, 6.07) is 20.7. The van der Waals surface area contributed by atoms with Gasteiger partial charge in [0.05, 0.1) is 0 Å². The maximum absolute atomic E-state index is 12.4. The molecule has 0 saturated heterocycles. The van der Waals surface area contributed by atoms with Crippen molar-refractivity contribution in [2.75, 3.05) is 5.32 Å². The molecule has 0 atom stereocenters. The van der Waals surface area contributed by atoms with Gasteiger partial charge in [-0.2, -0.15) is 0 Å². The van der Waals surface area contributed by atoms with E-state index in [0.29, 0.717) is 22.4 Å². The predicted molar refractivity (Wildman–Crippen MR) is 112 cm³/mol. The van der Waals surface area contributed by atoms with E-state index in [0.717, 1.165) is 11.1 Å². The first-order valence-corrected chi connectivity index (χ1v) is 9.08. The van der Waals surface area contributed by atoms with Gasteiger partial charge in [0.1, 0.15) is 0 Å². The lowest BCUT2D eigenvalue weighted by Gasteiger charge is -2.10. The summed E-state index contributed by atoms with van der Waals surface area (Å²) in [6.07, 6.45) is 0. The van der Waals surface area contributed by atoms with E-state index >= 15 is 0 Å². The largest absolute Gasteiger partial charge is 0.322 e. The summed E-state index contributed by atoms with van der Waals surface area (Å²) >= 11 is 0. The van der Waals surface area contributed by atoms with Crippen molar-refractivity contribution in [1.82, 2.24) is 10.9 Å². The molecule has 29 heavy (non-hydrogen) atoms. The molecule has 0 unspecified atom stereocenters. The predicted octanol–water partition coefficient (Wildman–Crippen LogP) is 3.63. The zero-order valence-electron chi connectivity index (χ0n) is 16.2. The van der Waals surface area contributed by atoms with Crippen LogP contribution in [0, 0.1) is 13.8 Å². The lowest BCUT2D eigenvalue weighted by molar-refractivity contribution is 0.0846. The van der Waals surface area contributed by atoms with Gasteiger partial charge in [-0.3, -0.25) is 25.2 Å². The van der Waals surface area contributed by atoms with Gasteiger partial charge in [0.25, 0.3) is 17.7 Å². The molecule has 0 heterocycles. The Bertz CT molecular complexity index is 1060. The highest BCUT2D eigenvalue weighted by atomic mass is 16.2. The Morgan fingerprint density at radius 1 is 0.586 bits per heavy atom. The van der Waals surface area contributed by atoms with E-state index in [-0.39, 0.29) is 5.91 Å². The molecule has 0 saturated carbocycles. The maximum Gasteiger partial charge on any atom is 0.269 e. The Morgan fingerprint density at radius 3 is 1.79 bits per heavy atom. The Morgan fingerprint density at radius 2 is 1.17 bits per heavy atom. The van der Waals surface area contributed by atoms with Crippen LogP contribution in [-0.2, 0) is 0 Å². The number of amides is 3. The Balaban J connectivity index is 1.62. The van der Waals surface area contributed by atoms with E-state index in [1.54, 1.807) is 54.6 Å². The van der Waals surface area contributed by atoms with Crippen molar-refractivity contribution in [1.29, 1.82) is 0 Å². The van der Waals surface area contributed by atoms with Gasteiger partial charge >= 0.3 is 0 Å². The quantitative estimate of drug-likeness (QED) is 0.598. The summed E-state index contributed by atoms with van der Waals surface area (Å²) in [5.74, 6) is -1.17. The molecule has 0 aliphatic heterocycles. The number of hydrogen-bond acceptors (Lipinski definition) is 3. The maximum atomic E-state index is 12.4. The van der Waals surface area contributed by atoms with Crippen LogP contribution in [0.5, 0.6) is 0 Å². The van der Waals surface area contributed by atoms with Gasteiger partial charge in [0.2, 0.25) is 0 Å². The van der Waals surface area contributed by atoms with Crippen LogP contribution in [0.2, 0.25) is 0 Å². The van der Waals surface area contributed by atoms with Crippen molar-refractivity contribution in [3.8, 4) is 0 Å². The second kappa shape index (κ2) is 8.84. The average molecular weight is 387 g/mol. The number of aryl methyl sites for hydroxylation is 2. The highest BCUT2D eigenvalue weighted by Crippen LogP contribution is 2.13. The van der Waals surface area contributed by atoms with Crippen LogP contribution in [0.1, 0.15) is 42.2 Å². The van der Waals surface area contributed by atoms with Gasteiger partial charge in [-0.1, -0.05) is 41.5 Å². The fourth-order valence-corrected chi connectivity index (χ4v) is 2.69. The molecule has 0 bridgehead atoms. The first-order chi connectivity index (χ1) is 13.9. The fourth-order valence-electron chi connectivity index (χ4n) is 2.69. The molecule has 3 amide bonds. The van der Waals surface area contributed by atoms with E-state index in [9.17, 15) is 14.4 Å². The Labute approximate surface area is 168 Å². The van der Waals surface area contributed by atoms with Gasteiger partial charge in [-0.25, -0.2) is 0 Å². The summed E-state index contributed by atoms with van der Waals surface area (Å²) in [7, 11) is 0. The molecule has 6 nitrogen and oxygen atoms in total. The molecular formula is C23H21N3O3. The number of carbonyl (C=O) groups is 3. The number of hydrogen-bond donors (Lipinski definition) is 3. The summed E-state index contributed by atoms with van der Waals surface area (Å²) in [4.78, 5) is 36.8. The minimum atomic E-state index is -0.488. The number of anilines is 1. The number of hydrazine groups is 1. The molecule has 146 valence electrons. The normalized spacial score (nSPS) is 10.1. The van der Waals surface area contributed by atoms with Crippen LogP contribution >= 0.6 is 0 Å². The molecule has 0 aromatic heterocycles. The van der Waals surface area contributed by atoms with E-state index in [4.69, 9.17) is 0 Å². The zero-order valence-corrected chi connectivity index (χ0v) is 16.2. The van der Waals surface area contributed by atoms with E-state index in [1.165, 1.54) is 0 Å². The van der Waals surface area contributed by atoms with Gasteiger partial charge in [-0.15, -0.1) is 0 Å². The van der Waals surface area contributed by atoms with E-state index in [2.05, 4.69) is 16.2 Å². The molecular weight excluding hydrogens is 366 g/mol. The Kier molecular flexibility index (Phi) is 6.04. The lowest BCUT2D eigenvalue weighted by Crippen LogP contribution is -2.41. The number of carbonyl (C=O) groups excluding carboxylic acids is 3. The third-order valence-electron chi connectivity index (χ3n) is 4.27. The van der Waals surface area contributed by atoms with E-state index in [1.807, 2.05) is 32.0 Å². The van der Waals surface area contributed by atoms with E-state index < -0.39 is 11.8 Å². The minimum absolute atomic E-state index is 0.268. The van der Waals surface area contributed by atoms with Crippen LogP contribution in [-0.4, -0.2) is 17.7 Å². The monoisotopic (exact) mass is 387 g/mol. The zero-order chi connectivity index (χ0) is 20.8. The molecule has 3 N–H and O–H groups in total. The summed E-state index contributed by atoms with van der Waals surface area (Å²) in [5.41, 5.74) is 8.54.